The zero-order valence-corrected chi connectivity index (χ0v) is 10.7. The Balaban J connectivity index is 0.00000106. The van der Waals surface area contributed by atoms with Crippen LogP contribution in [0, 0.1) is 11.8 Å². The Labute approximate surface area is 97.6 Å². The van der Waals surface area contributed by atoms with Crippen molar-refractivity contribution >= 4 is 11.9 Å². The van der Waals surface area contributed by atoms with Gasteiger partial charge < -0.3 is 10.0 Å². The smallest absolute Gasteiger partial charge is 0.308 e. The van der Waals surface area contributed by atoms with E-state index in [2.05, 4.69) is 13.8 Å². The number of carboxylic acid groups (broad SMARTS) is 1. The van der Waals surface area contributed by atoms with E-state index in [-0.39, 0.29) is 12.3 Å². The molecule has 4 heteroatoms. The zero-order chi connectivity index (χ0) is 12.7. The average Bonchev–Trinajstić information content (AvgIpc) is 2.60. The second-order valence-corrected chi connectivity index (χ2v) is 4.26. The van der Waals surface area contributed by atoms with Crippen molar-refractivity contribution in [1.82, 2.24) is 4.90 Å². The first-order valence-electron chi connectivity index (χ1n) is 6.01. The van der Waals surface area contributed by atoms with Crippen LogP contribution >= 0.6 is 0 Å². The van der Waals surface area contributed by atoms with Crippen LogP contribution in [-0.2, 0) is 9.59 Å². The number of nitrogens with zero attached hydrogens (tertiary/aromatic N) is 1. The van der Waals surface area contributed by atoms with Crippen LogP contribution in [0.5, 0.6) is 0 Å². The third kappa shape index (κ3) is 4.64. The largest absolute Gasteiger partial charge is 0.481 e. The Morgan fingerprint density at radius 2 is 2.06 bits per heavy atom. The minimum Gasteiger partial charge on any atom is -0.481 e. The molecule has 4 nitrogen and oxygen atoms in total. The maximum Gasteiger partial charge on any atom is 0.308 e. The Kier molecular flexibility index (Phi) is 6.77. The average molecular weight is 229 g/mol. The number of rotatable bonds is 4. The van der Waals surface area contributed by atoms with Gasteiger partial charge in [-0.05, 0) is 12.3 Å². The molecule has 0 spiro atoms. The molecule has 1 unspecified atom stereocenters. The fraction of sp³-hybridized carbons (Fsp3) is 0.833. The number of carboxylic acids is 1. The lowest BCUT2D eigenvalue weighted by molar-refractivity contribution is -0.141. The molecule has 1 amide bonds. The van der Waals surface area contributed by atoms with E-state index in [4.69, 9.17) is 5.11 Å². The molecule has 1 heterocycles. The van der Waals surface area contributed by atoms with Gasteiger partial charge in [-0.1, -0.05) is 27.7 Å². The van der Waals surface area contributed by atoms with E-state index in [1.165, 1.54) is 0 Å². The van der Waals surface area contributed by atoms with Crippen LogP contribution in [0.3, 0.4) is 0 Å². The molecule has 1 rings (SSSR count). The summed E-state index contributed by atoms with van der Waals surface area (Å²) in [6.07, 6.45) is 1.12. The molecule has 1 fully saturated rings. The van der Waals surface area contributed by atoms with Crippen molar-refractivity contribution in [3.05, 3.63) is 0 Å². The van der Waals surface area contributed by atoms with Crippen molar-refractivity contribution in [2.75, 3.05) is 13.1 Å². The zero-order valence-electron chi connectivity index (χ0n) is 10.7. The Hall–Kier alpha value is -1.06. The highest BCUT2D eigenvalue weighted by Crippen LogP contribution is 2.18. The highest BCUT2D eigenvalue weighted by molar-refractivity contribution is 5.86. The predicted molar refractivity (Wildman–Crippen MR) is 63.1 cm³/mol. The summed E-state index contributed by atoms with van der Waals surface area (Å²) in [6, 6.07) is 0. The summed E-state index contributed by atoms with van der Waals surface area (Å²) in [4.78, 5) is 23.7. The lowest BCUT2D eigenvalue weighted by Crippen LogP contribution is -2.28. The summed E-state index contributed by atoms with van der Waals surface area (Å²) < 4.78 is 0. The molecule has 1 aliphatic rings. The van der Waals surface area contributed by atoms with Gasteiger partial charge in [-0.2, -0.15) is 0 Å². The number of hydrogen-bond acceptors (Lipinski definition) is 2. The molecule has 0 aromatic heterocycles. The van der Waals surface area contributed by atoms with Crippen LogP contribution in [0.25, 0.3) is 0 Å². The van der Waals surface area contributed by atoms with Gasteiger partial charge >= 0.3 is 5.97 Å². The second kappa shape index (κ2) is 7.25. The molecular weight excluding hydrogens is 206 g/mol. The Bertz CT molecular complexity index is 238. The molecule has 0 bridgehead atoms. The van der Waals surface area contributed by atoms with Gasteiger partial charge in [0.25, 0.3) is 0 Å². The van der Waals surface area contributed by atoms with Crippen molar-refractivity contribution in [2.45, 2.75) is 40.5 Å². The number of amides is 1. The number of hydrogen-bond donors (Lipinski definition) is 1. The molecule has 0 saturated carbocycles. The quantitative estimate of drug-likeness (QED) is 0.802. The van der Waals surface area contributed by atoms with Gasteiger partial charge in [0.15, 0.2) is 0 Å². The molecule has 0 aromatic carbocycles. The summed E-state index contributed by atoms with van der Waals surface area (Å²) >= 11 is 0. The molecule has 1 atom stereocenters. The Morgan fingerprint density at radius 1 is 1.50 bits per heavy atom. The van der Waals surface area contributed by atoms with E-state index in [0.29, 0.717) is 19.0 Å². The van der Waals surface area contributed by atoms with Gasteiger partial charge in [-0.3, -0.25) is 9.59 Å². The van der Waals surface area contributed by atoms with Gasteiger partial charge in [0.05, 0.1) is 5.92 Å². The standard InChI is InChI=1S/C10H17NO3.C2H6/c1-7(2)3-4-11-6-8(10(13)14)5-9(11)12;1-2/h7-8H,3-6H2,1-2H3,(H,13,14);1-2H3. The summed E-state index contributed by atoms with van der Waals surface area (Å²) in [7, 11) is 0. The minimum absolute atomic E-state index is 0.0157. The van der Waals surface area contributed by atoms with E-state index < -0.39 is 11.9 Å². The van der Waals surface area contributed by atoms with Gasteiger partial charge in [-0.25, -0.2) is 0 Å². The van der Waals surface area contributed by atoms with Crippen LogP contribution in [0.4, 0.5) is 0 Å². The highest BCUT2D eigenvalue weighted by Gasteiger charge is 2.33. The molecular formula is C12H23NO3. The third-order valence-electron chi connectivity index (χ3n) is 2.54. The lowest BCUT2D eigenvalue weighted by atomic mass is 10.1. The van der Waals surface area contributed by atoms with Crippen molar-refractivity contribution in [1.29, 1.82) is 0 Å². The van der Waals surface area contributed by atoms with Crippen LogP contribution in [0.1, 0.15) is 40.5 Å². The van der Waals surface area contributed by atoms with E-state index in [1.54, 1.807) is 4.90 Å². The predicted octanol–water partition coefficient (Wildman–Crippen LogP) is 1.99. The van der Waals surface area contributed by atoms with Crippen LogP contribution in [0.2, 0.25) is 0 Å². The number of carbonyl (C=O) groups is 2. The summed E-state index contributed by atoms with van der Waals surface area (Å²) in [5.41, 5.74) is 0. The van der Waals surface area contributed by atoms with Gasteiger partial charge in [0, 0.05) is 19.5 Å². The normalized spacial score (nSPS) is 19.7. The lowest BCUT2D eigenvalue weighted by Gasteiger charge is -2.16. The minimum atomic E-state index is -0.856. The molecule has 16 heavy (non-hydrogen) atoms. The van der Waals surface area contributed by atoms with Gasteiger partial charge in [0.2, 0.25) is 5.91 Å². The fourth-order valence-corrected chi connectivity index (χ4v) is 1.57. The molecule has 1 aliphatic heterocycles. The highest BCUT2D eigenvalue weighted by atomic mass is 16.4. The van der Waals surface area contributed by atoms with Gasteiger partial charge in [-0.15, -0.1) is 0 Å². The first kappa shape index (κ1) is 14.9. The maximum absolute atomic E-state index is 11.4. The second-order valence-electron chi connectivity index (χ2n) is 4.26. The van der Waals surface area contributed by atoms with Crippen molar-refractivity contribution < 1.29 is 14.7 Å². The van der Waals surface area contributed by atoms with Crippen LogP contribution in [-0.4, -0.2) is 35.0 Å². The van der Waals surface area contributed by atoms with Gasteiger partial charge in [0.1, 0.15) is 0 Å². The first-order chi connectivity index (χ1) is 7.50. The molecule has 0 radical (unpaired) electrons. The fourth-order valence-electron chi connectivity index (χ4n) is 1.57. The monoisotopic (exact) mass is 229 g/mol. The molecule has 0 aromatic rings. The molecule has 94 valence electrons. The van der Waals surface area contributed by atoms with Crippen LogP contribution in [0.15, 0.2) is 0 Å². The van der Waals surface area contributed by atoms with E-state index in [1.807, 2.05) is 13.8 Å². The summed E-state index contributed by atoms with van der Waals surface area (Å²) in [6.45, 7) is 9.27. The first-order valence-corrected chi connectivity index (χ1v) is 6.01. The molecule has 1 N–H and O–H groups in total. The van der Waals surface area contributed by atoms with E-state index in [0.717, 1.165) is 6.42 Å². The maximum atomic E-state index is 11.4. The topological polar surface area (TPSA) is 57.6 Å². The van der Waals surface area contributed by atoms with Crippen molar-refractivity contribution in [2.24, 2.45) is 11.8 Å². The van der Waals surface area contributed by atoms with Crippen LogP contribution < -0.4 is 0 Å². The molecule has 1 saturated heterocycles. The summed E-state index contributed by atoms with van der Waals surface area (Å²) in [5.74, 6) is -0.815. The number of likely N-dealkylation sites (tertiary alicyclic amines) is 1. The molecule has 0 aliphatic carbocycles. The SMILES string of the molecule is CC.CC(C)CCN1CC(C(=O)O)CC1=O. The third-order valence-corrected chi connectivity index (χ3v) is 2.54. The van der Waals surface area contributed by atoms with E-state index in [9.17, 15) is 9.59 Å². The van der Waals surface area contributed by atoms with Crippen molar-refractivity contribution in [3.63, 3.8) is 0 Å². The van der Waals surface area contributed by atoms with Crippen molar-refractivity contribution in [3.8, 4) is 0 Å². The summed E-state index contributed by atoms with van der Waals surface area (Å²) in [5, 5.41) is 8.75. The Morgan fingerprint density at radius 3 is 2.44 bits per heavy atom. The number of carbonyl (C=O) groups excluding carboxylic acids is 1. The number of aliphatic carboxylic acids is 1. The van der Waals surface area contributed by atoms with E-state index >= 15 is 0 Å².